The molecule has 2 nitrogen and oxygen atoms in total. The topological polar surface area (TPSA) is 35.2 Å². The largest absolute Gasteiger partial charge is 0.380 e. The van der Waals surface area contributed by atoms with Gasteiger partial charge in [-0.3, -0.25) is 0 Å². The maximum absolute atomic E-state index is 5.18. The second kappa shape index (κ2) is 7.48. The highest BCUT2D eigenvalue weighted by atomic mass is 16.5. The number of ether oxygens (including phenoxy) is 1. The van der Waals surface area contributed by atoms with Crippen molar-refractivity contribution in [2.24, 2.45) is 5.73 Å². The van der Waals surface area contributed by atoms with Gasteiger partial charge in [0.25, 0.3) is 0 Å². The summed E-state index contributed by atoms with van der Waals surface area (Å²) in [4.78, 5) is 0. The van der Waals surface area contributed by atoms with Crippen molar-refractivity contribution in [2.75, 3.05) is 19.8 Å². The second-order valence-corrected chi connectivity index (χ2v) is 1.71. The Kier molecular flexibility index (Phi) is 7.05. The van der Waals surface area contributed by atoms with Gasteiger partial charge in [-0.2, -0.15) is 0 Å². The summed E-state index contributed by atoms with van der Waals surface area (Å²) < 4.78 is 5.06. The van der Waals surface area contributed by atoms with Gasteiger partial charge in [0.2, 0.25) is 0 Å². The van der Waals surface area contributed by atoms with E-state index in [2.05, 4.69) is 5.92 Å². The Hall–Kier alpha value is -0.520. The zero-order valence-electron chi connectivity index (χ0n) is 5.60. The molecule has 0 saturated carbocycles. The molecule has 0 aromatic heterocycles. The third-order valence-corrected chi connectivity index (χ3v) is 0.872. The van der Waals surface area contributed by atoms with Gasteiger partial charge in [-0.15, -0.1) is 12.3 Å². The highest BCUT2D eigenvalue weighted by Crippen LogP contribution is 1.85. The van der Waals surface area contributed by atoms with Gasteiger partial charge in [0.05, 0.1) is 6.61 Å². The van der Waals surface area contributed by atoms with Gasteiger partial charge in [0.15, 0.2) is 0 Å². The summed E-state index contributed by atoms with van der Waals surface area (Å²) in [7, 11) is 0. The van der Waals surface area contributed by atoms with Crippen LogP contribution >= 0.6 is 0 Å². The summed E-state index contributed by atoms with van der Waals surface area (Å²) in [6.45, 7) is 1.97. The standard InChI is InChI=1S/C7H13NO/c1-2-3-4-6-9-7-5-8/h1H,3-8H2. The normalized spacial score (nSPS) is 8.89. The van der Waals surface area contributed by atoms with E-state index in [1.54, 1.807) is 0 Å². The molecule has 2 N–H and O–H groups in total. The van der Waals surface area contributed by atoms with Crippen LogP contribution in [0.4, 0.5) is 0 Å². The van der Waals surface area contributed by atoms with Crippen LogP contribution in [-0.2, 0) is 4.74 Å². The van der Waals surface area contributed by atoms with E-state index in [4.69, 9.17) is 16.9 Å². The molecular weight excluding hydrogens is 114 g/mol. The fraction of sp³-hybridized carbons (Fsp3) is 0.714. The SMILES string of the molecule is C#CCCCOCCN. The lowest BCUT2D eigenvalue weighted by molar-refractivity contribution is 0.140. The van der Waals surface area contributed by atoms with Crippen molar-refractivity contribution >= 4 is 0 Å². The zero-order chi connectivity index (χ0) is 6.95. The van der Waals surface area contributed by atoms with E-state index < -0.39 is 0 Å². The molecule has 0 bridgehead atoms. The van der Waals surface area contributed by atoms with Gasteiger partial charge >= 0.3 is 0 Å². The van der Waals surface area contributed by atoms with Crippen LogP contribution in [0.25, 0.3) is 0 Å². The molecule has 0 unspecified atom stereocenters. The highest BCUT2D eigenvalue weighted by Gasteiger charge is 1.83. The minimum atomic E-state index is 0.593. The molecule has 0 radical (unpaired) electrons. The van der Waals surface area contributed by atoms with E-state index >= 15 is 0 Å². The molecule has 0 aliphatic carbocycles. The number of rotatable bonds is 5. The van der Waals surface area contributed by atoms with E-state index in [9.17, 15) is 0 Å². The number of hydrogen-bond donors (Lipinski definition) is 1. The van der Waals surface area contributed by atoms with Crippen LogP contribution in [0.2, 0.25) is 0 Å². The minimum Gasteiger partial charge on any atom is -0.380 e. The molecule has 2 heteroatoms. The fourth-order valence-electron chi connectivity index (χ4n) is 0.462. The fourth-order valence-corrected chi connectivity index (χ4v) is 0.462. The van der Waals surface area contributed by atoms with Crippen molar-refractivity contribution in [1.29, 1.82) is 0 Å². The first-order valence-electron chi connectivity index (χ1n) is 3.13. The lowest BCUT2D eigenvalue weighted by atomic mass is 10.3. The summed E-state index contributed by atoms with van der Waals surface area (Å²) >= 11 is 0. The summed E-state index contributed by atoms with van der Waals surface area (Å²) in [5.74, 6) is 2.53. The molecule has 0 aliphatic rings. The molecule has 0 heterocycles. The summed E-state index contributed by atoms with van der Waals surface area (Å²) in [5.41, 5.74) is 5.18. The second-order valence-electron chi connectivity index (χ2n) is 1.71. The van der Waals surface area contributed by atoms with Crippen molar-refractivity contribution in [2.45, 2.75) is 12.8 Å². The maximum Gasteiger partial charge on any atom is 0.0588 e. The summed E-state index contributed by atoms with van der Waals surface area (Å²) in [6, 6.07) is 0. The van der Waals surface area contributed by atoms with Gasteiger partial charge in [-0.25, -0.2) is 0 Å². The Labute approximate surface area is 56.4 Å². The molecule has 0 fully saturated rings. The number of hydrogen-bond acceptors (Lipinski definition) is 2. The van der Waals surface area contributed by atoms with E-state index in [1.807, 2.05) is 0 Å². The molecule has 0 aromatic carbocycles. The van der Waals surface area contributed by atoms with Crippen LogP contribution in [0.3, 0.4) is 0 Å². The average molecular weight is 127 g/mol. The van der Waals surface area contributed by atoms with E-state index in [0.29, 0.717) is 13.2 Å². The molecule has 0 spiro atoms. The van der Waals surface area contributed by atoms with Crippen LogP contribution in [0.1, 0.15) is 12.8 Å². The van der Waals surface area contributed by atoms with Crippen molar-refractivity contribution in [3.63, 3.8) is 0 Å². The lowest BCUT2D eigenvalue weighted by Gasteiger charge is -1.97. The molecule has 9 heavy (non-hydrogen) atoms. The third kappa shape index (κ3) is 7.48. The van der Waals surface area contributed by atoms with E-state index in [0.717, 1.165) is 19.4 Å². The smallest absolute Gasteiger partial charge is 0.0588 e. The van der Waals surface area contributed by atoms with Crippen LogP contribution in [0, 0.1) is 12.3 Å². The summed E-state index contributed by atoms with van der Waals surface area (Å²) in [6.07, 6.45) is 6.75. The Bertz CT molecular complexity index is 85.4. The van der Waals surface area contributed by atoms with Crippen molar-refractivity contribution in [3.8, 4) is 12.3 Å². The first-order valence-corrected chi connectivity index (χ1v) is 3.13. The number of nitrogens with two attached hydrogens (primary N) is 1. The van der Waals surface area contributed by atoms with E-state index in [1.165, 1.54) is 0 Å². The third-order valence-electron chi connectivity index (χ3n) is 0.872. The molecular formula is C7H13NO. The van der Waals surface area contributed by atoms with Crippen LogP contribution in [-0.4, -0.2) is 19.8 Å². The monoisotopic (exact) mass is 127 g/mol. The van der Waals surface area contributed by atoms with Crippen molar-refractivity contribution < 1.29 is 4.74 Å². The molecule has 0 amide bonds. The lowest BCUT2D eigenvalue weighted by Crippen LogP contribution is -2.08. The average Bonchev–Trinajstić information content (AvgIpc) is 1.89. The van der Waals surface area contributed by atoms with Gasteiger partial charge in [0.1, 0.15) is 0 Å². The van der Waals surface area contributed by atoms with Gasteiger partial charge < -0.3 is 10.5 Å². The van der Waals surface area contributed by atoms with Crippen molar-refractivity contribution in [1.82, 2.24) is 0 Å². The predicted octanol–water partition coefficient (Wildman–Crippen LogP) is 0.375. The first kappa shape index (κ1) is 8.48. The maximum atomic E-state index is 5.18. The first-order chi connectivity index (χ1) is 4.41. The molecule has 0 aliphatic heterocycles. The Balaban J connectivity index is 2.69. The Morgan fingerprint density at radius 3 is 2.78 bits per heavy atom. The van der Waals surface area contributed by atoms with Crippen molar-refractivity contribution in [3.05, 3.63) is 0 Å². The molecule has 0 aromatic rings. The van der Waals surface area contributed by atoms with Crippen LogP contribution in [0.15, 0.2) is 0 Å². The Morgan fingerprint density at radius 2 is 2.22 bits per heavy atom. The quantitative estimate of drug-likeness (QED) is 0.428. The van der Waals surface area contributed by atoms with Gasteiger partial charge in [0, 0.05) is 19.6 Å². The van der Waals surface area contributed by atoms with Gasteiger partial charge in [-0.05, 0) is 6.42 Å². The molecule has 52 valence electrons. The minimum absolute atomic E-state index is 0.593. The zero-order valence-corrected chi connectivity index (χ0v) is 5.60. The predicted molar refractivity (Wildman–Crippen MR) is 37.9 cm³/mol. The molecule has 0 rings (SSSR count). The van der Waals surface area contributed by atoms with Gasteiger partial charge in [-0.1, -0.05) is 0 Å². The summed E-state index contributed by atoms with van der Waals surface area (Å²) in [5, 5.41) is 0. The van der Waals surface area contributed by atoms with Crippen LogP contribution < -0.4 is 5.73 Å². The molecule has 0 atom stereocenters. The Morgan fingerprint density at radius 1 is 1.44 bits per heavy atom. The van der Waals surface area contributed by atoms with Crippen LogP contribution in [0.5, 0.6) is 0 Å². The highest BCUT2D eigenvalue weighted by molar-refractivity contribution is 4.82. The molecule has 0 saturated heterocycles. The number of terminal acetylenes is 1. The number of unbranched alkanes of at least 4 members (excludes halogenated alkanes) is 1. The van der Waals surface area contributed by atoms with E-state index in [-0.39, 0.29) is 0 Å².